The molecule has 9 saturated carbocycles. The summed E-state index contributed by atoms with van der Waals surface area (Å²) in [5.74, 6) is 14.3. The van der Waals surface area contributed by atoms with Crippen LogP contribution in [0.2, 0.25) is 0 Å². The molecule has 7 heterocycles. The predicted octanol–water partition coefficient (Wildman–Crippen LogP) is 16.1. The van der Waals surface area contributed by atoms with Gasteiger partial charge in [0.25, 0.3) is 0 Å². The molecule has 8 nitrogen and oxygen atoms in total. The van der Waals surface area contributed by atoms with Gasteiger partial charge in [-0.25, -0.2) is 4.79 Å². The van der Waals surface area contributed by atoms with Gasteiger partial charge in [-0.15, -0.1) is 5.92 Å². The molecule has 13 aliphatic carbocycles. The zero-order chi connectivity index (χ0) is 59.0. The van der Waals surface area contributed by atoms with Gasteiger partial charge in [-0.3, -0.25) is 9.69 Å². The van der Waals surface area contributed by atoms with E-state index in [1.165, 1.54) is 179 Å². The van der Waals surface area contributed by atoms with Crippen LogP contribution in [-0.2, 0) is 26.3 Å². The molecule has 0 radical (unpaired) electrons. The molecule has 472 valence electrons. The maximum Gasteiger partial charge on any atom is 0.339 e. The first kappa shape index (κ1) is 54.6. The Morgan fingerprint density at radius 1 is 0.730 bits per heavy atom. The van der Waals surface area contributed by atoms with Crippen molar-refractivity contribution >= 4 is 11.9 Å². The van der Waals surface area contributed by atoms with Crippen LogP contribution in [0.1, 0.15) is 247 Å². The van der Waals surface area contributed by atoms with Crippen LogP contribution in [0, 0.1) is 127 Å². The van der Waals surface area contributed by atoms with Gasteiger partial charge >= 0.3 is 11.9 Å². The number of aliphatic hydroxyl groups is 1. The number of hydrogen-bond acceptors (Lipinski definition) is 8. The normalized spacial score (nSPS) is 50.5. The maximum absolute atomic E-state index is 17.3. The average Bonchev–Trinajstić information content (AvgIpc) is 1.53. The van der Waals surface area contributed by atoms with Gasteiger partial charge in [-0.05, 0) is 270 Å². The topological polar surface area (TPSA) is 105 Å². The van der Waals surface area contributed by atoms with E-state index in [2.05, 4.69) is 58.9 Å². The van der Waals surface area contributed by atoms with E-state index < -0.39 is 16.4 Å². The molecular formula is C81H103N3O5. The standard InChI is InChI=1S/C81H103N3O5/c1-47-37-53-38-51-22-23-56-59-45-84-69(51)60(56)46-83-62(59)19-7-16-55-17-9-32-77(55)33-12-34-78(77)44-54(43-76(78)27-4-5-28-76)63(83)41-64(85)71-79-35-24-57-67(70(53)84)58(47)39-50-21-20-49(52-14-8-29-75(42-52)31-11-30-74(75)25-2-3-26-74)40-65(80(79,68(50)57)73(87)88-71)81(79)61-18-6-13-48(15-10-36-82)66(61)72(86)89-81/h6,13,18,20-21,47,49-52,54-56,58-60,62-63,65,67,69,85H,2-5,8-12,14-15,17,19,22-46,82H2,1H3. The van der Waals surface area contributed by atoms with Gasteiger partial charge < -0.3 is 25.2 Å². The summed E-state index contributed by atoms with van der Waals surface area (Å²) in [6, 6.07) is 7.59. The Hall–Kier alpha value is -3.80. The number of aryl methyl sites for hydroxylation is 1. The smallest absolute Gasteiger partial charge is 0.339 e. The van der Waals surface area contributed by atoms with E-state index in [9.17, 15) is 5.11 Å². The number of allylic oxidation sites excluding steroid dienone is 4. The summed E-state index contributed by atoms with van der Waals surface area (Å²) < 4.78 is 15.4. The Morgan fingerprint density at radius 3 is 2.40 bits per heavy atom. The second-order valence-corrected chi connectivity index (χ2v) is 36.1. The first-order valence-corrected chi connectivity index (χ1v) is 38.3. The molecule has 21 rings (SSSR count). The zero-order valence-electron chi connectivity index (χ0n) is 54.0. The minimum atomic E-state index is -1.18. The number of carbonyl (C=O) groups excluding carboxylic acids is 2. The molecule has 1 aromatic rings. The second-order valence-electron chi connectivity index (χ2n) is 36.1. The lowest BCUT2D eigenvalue weighted by molar-refractivity contribution is -0.282. The second kappa shape index (κ2) is 18.4. The molecule has 8 spiro atoms. The van der Waals surface area contributed by atoms with Crippen molar-refractivity contribution in [3.05, 3.63) is 81.0 Å². The Kier molecular flexibility index (Phi) is 11.3. The van der Waals surface area contributed by atoms with Crippen LogP contribution >= 0.6 is 0 Å². The number of esters is 2. The quantitative estimate of drug-likeness (QED) is 0.175. The Balaban J connectivity index is 0.820. The fourth-order valence-electron chi connectivity index (χ4n) is 32.3. The van der Waals surface area contributed by atoms with Crippen molar-refractivity contribution < 1.29 is 24.2 Å². The van der Waals surface area contributed by atoms with Crippen molar-refractivity contribution in [3.63, 3.8) is 0 Å². The summed E-state index contributed by atoms with van der Waals surface area (Å²) in [4.78, 5) is 39.5. The van der Waals surface area contributed by atoms with Crippen molar-refractivity contribution in [2.45, 2.75) is 255 Å². The van der Waals surface area contributed by atoms with Crippen LogP contribution in [0.25, 0.3) is 0 Å². The van der Waals surface area contributed by atoms with E-state index in [1.807, 2.05) is 0 Å². The van der Waals surface area contributed by atoms with E-state index >= 15 is 9.59 Å². The van der Waals surface area contributed by atoms with Crippen LogP contribution in [0.5, 0.6) is 0 Å². The molecule has 0 amide bonds. The Labute approximate surface area is 531 Å². The summed E-state index contributed by atoms with van der Waals surface area (Å²) >= 11 is 0. The third-order valence-electron chi connectivity index (χ3n) is 34.5. The summed E-state index contributed by atoms with van der Waals surface area (Å²) in [7, 11) is 0. The minimum Gasteiger partial charge on any atom is -0.509 e. The highest BCUT2D eigenvalue weighted by Crippen LogP contribution is 2.89. The van der Waals surface area contributed by atoms with E-state index in [1.54, 1.807) is 16.8 Å². The molecule has 8 heteroatoms. The van der Waals surface area contributed by atoms with Crippen molar-refractivity contribution in [2.24, 2.45) is 121 Å². The number of piperidine rings is 2. The Bertz CT molecular complexity index is 3480. The predicted molar refractivity (Wildman–Crippen MR) is 343 cm³/mol. The largest absolute Gasteiger partial charge is 0.509 e. The number of nitrogens with two attached hydrogens (primary N) is 1. The highest BCUT2D eigenvalue weighted by Gasteiger charge is 2.94. The number of rotatable bonds is 4. The summed E-state index contributed by atoms with van der Waals surface area (Å²) in [6.45, 7) is 5.43. The molecular weight excluding hydrogens is 1090 g/mol. The number of fused-ring (bicyclic) bond motifs is 8. The average molecular weight is 1200 g/mol. The van der Waals surface area contributed by atoms with Gasteiger partial charge in [0.1, 0.15) is 11.2 Å². The third kappa shape index (κ3) is 6.19. The van der Waals surface area contributed by atoms with Gasteiger partial charge in [0.2, 0.25) is 0 Å². The first-order chi connectivity index (χ1) is 43.5. The molecule has 0 aromatic heterocycles. The van der Waals surface area contributed by atoms with Crippen LogP contribution in [0.3, 0.4) is 0 Å². The zero-order valence-corrected chi connectivity index (χ0v) is 54.0. The third-order valence-corrected chi connectivity index (χ3v) is 34.5. The molecule has 22 unspecified atom stereocenters. The number of hydrogen-bond donors (Lipinski definition) is 2. The summed E-state index contributed by atoms with van der Waals surface area (Å²) in [6.07, 6.45) is 47.9. The number of aliphatic hydroxyl groups excluding tert-OH is 1. The minimum absolute atomic E-state index is 0.0840. The van der Waals surface area contributed by atoms with Gasteiger partial charge in [0.05, 0.1) is 11.0 Å². The van der Waals surface area contributed by atoms with E-state index in [0.29, 0.717) is 124 Å². The van der Waals surface area contributed by atoms with Crippen LogP contribution in [0.15, 0.2) is 64.3 Å². The summed E-state index contributed by atoms with van der Waals surface area (Å²) in [5.41, 5.74) is 14.0. The highest BCUT2D eigenvalue weighted by atomic mass is 16.6. The van der Waals surface area contributed by atoms with Gasteiger partial charge in [0.15, 0.2) is 11.4 Å². The van der Waals surface area contributed by atoms with Crippen molar-refractivity contribution in [1.29, 1.82) is 0 Å². The first-order valence-electron chi connectivity index (χ1n) is 38.3. The molecule has 20 aliphatic rings. The van der Waals surface area contributed by atoms with E-state index in [-0.39, 0.29) is 47.1 Å². The van der Waals surface area contributed by atoms with Crippen molar-refractivity contribution in [3.8, 4) is 11.8 Å². The fraction of sp³-hybridized carbons (Fsp3) is 0.778. The fourth-order valence-corrected chi connectivity index (χ4v) is 32.3. The van der Waals surface area contributed by atoms with Gasteiger partial charge in [-0.1, -0.05) is 100 Å². The number of benzene rings is 1. The molecule has 1 aromatic carbocycles. The van der Waals surface area contributed by atoms with Crippen LogP contribution < -0.4 is 5.73 Å². The number of carbonyl (C=O) groups is 2. The number of ether oxygens (including phenoxy) is 2. The lowest BCUT2D eigenvalue weighted by atomic mass is 9.27. The Morgan fingerprint density at radius 2 is 1.53 bits per heavy atom. The van der Waals surface area contributed by atoms with Crippen LogP contribution in [-0.4, -0.2) is 64.6 Å². The molecule has 3 N–H and O–H groups in total. The maximum atomic E-state index is 17.3. The lowest BCUT2D eigenvalue weighted by Gasteiger charge is -2.73. The van der Waals surface area contributed by atoms with Crippen molar-refractivity contribution in [2.75, 3.05) is 19.6 Å². The molecule has 11 bridgehead atoms. The summed E-state index contributed by atoms with van der Waals surface area (Å²) in [5, 5.41) is 14.6. The van der Waals surface area contributed by atoms with Crippen molar-refractivity contribution in [1.82, 2.24) is 9.80 Å². The molecule has 22 atom stereocenters. The molecule has 12 fully saturated rings. The monoisotopic (exact) mass is 1200 g/mol. The molecule has 7 aliphatic heterocycles. The van der Waals surface area contributed by atoms with Gasteiger partial charge in [-0.2, -0.15) is 0 Å². The molecule has 89 heavy (non-hydrogen) atoms. The van der Waals surface area contributed by atoms with Crippen LogP contribution in [0.4, 0.5) is 0 Å². The van der Waals surface area contributed by atoms with E-state index in [4.69, 9.17) is 15.2 Å². The van der Waals surface area contributed by atoms with Gasteiger partial charge in [0, 0.05) is 73.1 Å². The molecule has 3 saturated heterocycles. The highest BCUT2D eigenvalue weighted by molar-refractivity contribution is 6.00. The van der Waals surface area contributed by atoms with E-state index in [0.717, 1.165) is 61.9 Å². The SMILES string of the molecule is CC1CC2=C3C4C5=C6C(C=CC(C7CCCC8(CCCC89CCCC9)C7)CC7C68C(=O)OC(=C(O)CC6C9CC%10(CCCC%10)C%10(CCCC%10%11CCCC%11C#CCC%10C%11CN3C3C(CCC%11C3CN6%10)C2)C9)C8(CC5)C72OC(=O)c3c(CCCN)cccc32)CC14. The number of nitrogens with zero attached hydrogens (tertiary/aromatic N) is 2. The lowest BCUT2D eigenvalue weighted by Crippen LogP contribution is -2.78.